The number of hydroxylamine groups is 2. The number of aromatic hydroxyl groups is 2. The lowest BCUT2D eigenvalue weighted by atomic mass is 9.82. The molecule has 3 rings (SSSR count). The smallest absolute Gasteiger partial charge is 0.257 e. The van der Waals surface area contributed by atoms with Crippen LogP contribution in [0.5, 0.6) is 17.4 Å². The second-order valence-electron chi connectivity index (χ2n) is 7.82. The topological polar surface area (TPSA) is 78.7 Å². The molecule has 25 heavy (non-hydrogen) atoms. The maximum Gasteiger partial charge on any atom is 0.257 e. The van der Waals surface area contributed by atoms with E-state index in [1.54, 1.807) is 18.2 Å². The zero-order chi connectivity index (χ0) is 18.2. The molecule has 2 aromatic rings. The molecule has 0 amide bonds. The van der Waals surface area contributed by atoms with E-state index in [9.17, 15) is 10.2 Å². The van der Waals surface area contributed by atoms with Gasteiger partial charge in [0.25, 0.3) is 5.88 Å². The fraction of sp³-hybridized carbons (Fsp3) is 0.474. The quantitative estimate of drug-likeness (QED) is 0.880. The maximum atomic E-state index is 9.95. The minimum atomic E-state index is -0.0860. The van der Waals surface area contributed by atoms with Gasteiger partial charge in [-0.2, -0.15) is 0 Å². The highest BCUT2D eigenvalue weighted by Crippen LogP contribution is 2.38. The zero-order valence-corrected chi connectivity index (χ0v) is 15.2. The molecule has 1 aromatic heterocycles. The van der Waals surface area contributed by atoms with Crippen molar-refractivity contribution >= 4 is 0 Å². The monoisotopic (exact) mass is 343 g/mol. The SMILES string of the molecule is CC1(C)CCCC(C)(C)N1Oc1ccc(-c2ccc(O)cc2O)nn1. The van der Waals surface area contributed by atoms with Gasteiger partial charge in [-0.3, -0.25) is 0 Å². The molecule has 0 saturated carbocycles. The number of rotatable bonds is 3. The van der Waals surface area contributed by atoms with Crippen molar-refractivity contribution in [2.75, 3.05) is 0 Å². The van der Waals surface area contributed by atoms with Gasteiger partial charge >= 0.3 is 0 Å². The Morgan fingerprint density at radius 1 is 0.960 bits per heavy atom. The molecule has 0 aliphatic carbocycles. The van der Waals surface area contributed by atoms with Crippen molar-refractivity contribution in [3.8, 4) is 28.6 Å². The number of hydrogen-bond donors (Lipinski definition) is 2. The van der Waals surface area contributed by atoms with Crippen molar-refractivity contribution in [3.63, 3.8) is 0 Å². The number of aromatic nitrogens is 2. The zero-order valence-electron chi connectivity index (χ0n) is 15.2. The summed E-state index contributed by atoms with van der Waals surface area (Å²) in [5, 5.41) is 29.7. The summed E-state index contributed by atoms with van der Waals surface area (Å²) in [6.45, 7) is 8.68. The normalized spacial score (nSPS) is 19.5. The van der Waals surface area contributed by atoms with Gasteiger partial charge in [-0.15, -0.1) is 15.3 Å². The number of benzene rings is 1. The molecular formula is C19H25N3O3. The molecule has 0 atom stereocenters. The van der Waals surface area contributed by atoms with Crippen molar-refractivity contribution in [2.24, 2.45) is 0 Å². The average Bonchev–Trinajstić information content (AvgIpc) is 2.51. The first-order chi connectivity index (χ1) is 11.7. The summed E-state index contributed by atoms with van der Waals surface area (Å²) >= 11 is 0. The first-order valence-electron chi connectivity index (χ1n) is 8.53. The lowest BCUT2D eigenvalue weighted by molar-refractivity contribution is -0.219. The Morgan fingerprint density at radius 2 is 1.64 bits per heavy atom. The van der Waals surface area contributed by atoms with Crippen LogP contribution < -0.4 is 4.84 Å². The van der Waals surface area contributed by atoms with Gasteiger partial charge < -0.3 is 15.1 Å². The molecule has 6 heteroatoms. The van der Waals surface area contributed by atoms with E-state index in [1.807, 2.05) is 5.06 Å². The highest BCUT2D eigenvalue weighted by Gasteiger charge is 2.43. The van der Waals surface area contributed by atoms with E-state index in [2.05, 4.69) is 37.9 Å². The van der Waals surface area contributed by atoms with E-state index in [0.717, 1.165) is 12.8 Å². The van der Waals surface area contributed by atoms with E-state index in [-0.39, 0.29) is 22.6 Å². The van der Waals surface area contributed by atoms with Crippen LogP contribution in [0.25, 0.3) is 11.3 Å². The first-order valence-corrected chi connectivity index (χ1v) is 8.53. The van der Waals surface area contributed by atoms with Gasteiger partial charge in [0.05, 0.1) is 16.8 Å². The molecule has 1 aliphatic rings. The summed E-state index contributed by atoms with van der Waals surface area (Å²) < 4.78 is 0. The third kappa shape index (κ3) is 3.54. The summed E-state index contributed by atoms with van der Waals surface area (Å²) in [6.07, 6.45) is 3.29. The molecule has 6 nitrogen and oxygen atoms in total. The van der Waals surface area contributed by atoms with Gasteiger partial charge in [-0.1, -0.05) is 0 Å². The molecule has 0 radical (unpaired) electrons. The van der Waals surface area contributed by atoms with E-state index in [0.29, 0.717) is 17.1 Å². The first kappa shape index (κ1) is 17.5. The van der Waals surface area contributed by atoms with Gasteiger partial charge in [-0.05, 0) is 65.2 Å². The van der Waals surface area contributed by atoms with Gasteiger partial charge in [0.1, 0.15) is 11.5 Å². The van der Waals surface area contributed by atoms with Crippen LogP contribution in [0.1, 0.15) is 47.0 Å². The number of phenols is 2. The summed E-state index contributed by atoms with van der Waals surface area (Å²) in [5.41, 5.74) is 0.853. The Morgan fingerprint density at radius 3 is 2.20 bits per heavy atom. The standard InChI is InChI=1S/C19H25N3O3/c1-18(2)10-5-11-19(3,4)22(18)25-17-9-8-15(20-21-17)14-7-6-13(23)12-16(14)24/h6-9,12,23-24H,5,10-11H2,1-4H3. The Hall–Kier alpha value is -2.34. The van der Waals surface area contributed by atoms with E-state index >= 15 is 0 Å². The molecule has 2 heterocycles. The third-order valence-electron chi connectivity index (χ3n) is 4.76. The maximum absolute atomic E-state index is 9.95. The fourth-order valence-electron chi connectivity index (χ4n) is 3.57. The molecule has 0 bridgehead atoms. The van der Waals surface area contributed by atoms with Gasteiger partial charge in [0, 0.05) is 17.7 Å². The summed E-state index contributed by atoms with van der Waals surface area (Å²) in [7, 11) is 0. The fourth-order valence-corrected chi connectivity index (χ4v) is 3.57. The van der Waals surface area contributed by atoms with Crippen LogP contribution in [-0.2, 0) is 0 Å². The minimum absolute atomic E-state index is 0.00345. The van der Waals surface area contributed by atoms with Crippen molar-refractivity contribution < 1.29 is 15.1 Å². The largest absolute Gasteiger partial charge is 0.508 e. The van der Waals surface area contributed by atoms with Crippen LogP contribution in [0.3, 0.4) is 0 Å². The molecule has 1 fully saturated rings. The van der Waals surface area contributed by atoms with Crippen molar-refractivity contribution in [1.82, 2.24) is 15.3 Å². The van der Waals surface area contributed by atoms with Gasteiger partial charge in [0.15, 0.2) is 0 Å². The highest BCUT2D eigenvalue weighted by molar-refractivity contribution is 5.67. The van der Waals surface area contributed by atoms with Crippen LogP contribution in [0.4, 0.5) is 0 Å². The summed E-state index contributed by atoms with van der Waals surface area (Å²) in [5.74, 6) is 0.384. The van der Waals surface area contributed by atoms with Crippen molar-refractivity contribution in [1.29, 1.82) is 0 Å². The van der Waals surface area contributed by atoms with Crippen LogP contribution >= 0.6 is 0 Å². The average molecular weight is 343 g/mol. The summed E-state index contributed by atoms with van der Waals surface area (Å²) in [4.78, 5) is 6.08. The molecular weight excluding hydrogens is 318 g/mol. The van der Waals surface area contributed by atoms with Crippen molar-refractivity contribution in [2.45, 2.75) is 58.0 Å². The van der Waals surface area contributed by atoms with E-state index in [4.69, 9.17) is 4.84 Å². The summed E-state index contributed by atoms with van der Waals surface area (Å²) in [6, 6.07) is 7.87. The number of nitrogens with zero attached hydrogens (tertiary/aromatic N) is 3. The number of piperidine rings is 1. The molecule has 134 valence electrons. The third-order valence-corrected chi connectivity index (χ3v) is 4.76. The molecule has 0 spiro atoms. The van der Waals surface area contributed by atoms with Gasteiger partial charge in [-0.25, -0.2) is 0 Å². The predicted octanol–water partition coefficient (Wildman–Crippen LogP) is 3.89. The van der Waals surface area contributed by atoms with Crippen LogP contribution in [0.15, 0.2) is 30.3 Å². The number of hydrogen-bond acceptors (Lipinski definition) is 6. The molecule has 2 N–H and O–H groups in total. The molecule has 0 unspecified atom stereocenters. The predicted molar refractivity (Wildman–Crippen MR) is 95.3 cm³/mol. The Labute approximate surface area is 148 Å². The second-order valence-corrected chi connectivity index (χ2v) is 7.82. The minimum Gasteiger partial charge on any atom is -0.508 e. The highest BCUT2D eigenvalue weighted by atomic mass is 16.7. The lowest BCUT2D eigenvalue weighted by Gasteiger charge is -2.50. The number of phenolic OH excluding ortho intramolecular Hbond substituents is 2. The Kier molecular flexibility index (Phi) is 4.33. The molecule has 1 aromatic carbocycles. The molecule has 1 saturated heterocycles. The van der Waals surface area contributed by atoms with Crippen LogP contribution in [-0.4, -0.2) is 36.6 Å². The van der Waals surface area contributed by atoms with Crippen molar-refractivity contribution in [3.05, 3.63) is 30.3 Å². The lowest BCUT2D eigenvalue weighted by Crippen LogP contribution is -2.60. The Bertz CT molecular complexity index is 741. The van der Waals surface area contributed by atoms with Crippen LogP contribution in [0, 0.1) is 0 Å². The van der Waals surface area contributed by atoms with E-state index < -0.39 is 0 Å². The molecule has 1 aliphatic heterocycles. The van der Waals surface area contributed by atoms with Gasteiger partial charge in [0.2, 0.25) is 0 Å². The van der Waals surface area contributed by atoms with E-state index in [1.165, 1.54) is 18.6 Å². The second kappa shape index (κ2) is 6.19. The van der Waals surface area contributed by atoms with Crippen LogP contribution in [0.2, 0.25) is 0 Å². The Balaban J connectivity index is 1.83.